The molecule has 0 radical (unpaired) electrons. The molecule has 1 amide bonds. The molecule has 1 fully saturated rings. The highest BCUT2D eigenvalue weighted by molar-refractivity contribution is 5.77. The average molecular weight is 308 g/mol. The largest absolute Gasteiger partial charge is 0.379 e. The summed E-state index contributed by atoms with van der Waals surface area (Å²) in [7, 11) is 3.63. The molecule has 0 aromatic carbocycles. The van der Waals surface area contributed by atoms with Crippen molar-refractivity contribution in [3.63, 3.8) is 0 Å². The Labute approximate surface area is 132 Å². The number of piperidine rings is 1. The Morgan fingerprint density at radius 3 is 2.91 bits per heavy atom. The van der Waals surface area contributed by atoms with Crippen LogP contribution in [0.25, 0.3) is 0 Å². The number of amides is 1. The van der Waals surface area contributed by atoms with Gasteiger partial charge >= 0.3 is 0 Å². The molecule has 1 aromatic rings. The molecule has 0 bridgehead atoms. The maximum absolute atomic E-state index is 11.8. The molecule has 6 heteroatoms. The van der Waals surface area contributed by atoms with Gasteiger partial charge in [0.25, 0.3) is 0 Å². The Morgan fingerprint density at radius 1 is 1.59 bits per heavy atom. The standard InChI is InChI=1S/C16H28N4O2/c1-11(8-16(2,3)22-5)18-13-6-7-14(21)19-15(13)12-9-17-20(4)10-12/h9-11,13,15,18H,6-8H2,1-5H3,(H,19,21)/t11-,13+,15-/m0/s1. The first kappa shape index (κ1) is 17.0. The molecule has 2 N–H and O–H groups in total. The van der Waals surface area contributed by atoms with Crippen LogP contribution in [-0.4, -0.2) is 40.5 Å². The van der Waals surface area contributed by atoms with E-state index in [1.807, 2.05) is 19.4 Å². The molecule has 2 heterocycles. The Bertz CT molecular complexity index is 512. The summed E-state index contributed by atoms with van der Waals surface area (Å²) in [5.74, 6) is 0.108. The van der Waals surface area contributed by atoms with E-state index in [9.17, 15) is 4.79 Å². The van der Waals surface area contributed by atoms with Crippen molar-refractivity contribution in [2.75, 3.05) is 7.11 Å². The molecule has 0 aliphatic carbocycles. The molecule has 0 unspecified atom stereocenters. The lowest BCUT2D eigenvalue weighted by atomic mass is 9.91. The van der Waals surface area contributed by atoms with Gasteiger partial charge in [-0.2, -0.15) is 5.10 Å². The lowest BCUT2D eigenvalue weighted by Crippen LogP contribution is -2.51. The summed E-state index contributed by atoms with van der Waals surface area (Å²) in [5.41, 5.74) is 0.889. The van der Waals surface area contributed by atoms with Crippen molar-refractivity contribution in [1.29, 1.82) is 0 Å². The lowest BCUT2D eigenvalue weighted by molar-refractivity contribution is -0.124. The summed E-state index contributed by atoms with van der Waals surface area (Å²) >= 11 is 0. The van der Waals surface area contributed by atoms with Crippen molar-refractivity contribution in [3.05, 3.63) is 18.0 Å². The smallest absolute Gasteiger partial charge is 0.220 e. The third-order valence-electron chi connectivity index (χ3n) is 4.33. The fourth-order valence-corrected chi connectivity index (χ4v) is 3.14. The van der Waals surface area contributed by atoms with Crippen LogP contribution in [0.3, 0.4) is 0 Å². The minimum Gasteiger partial charge on any atom is -0.379 e. The summed E-state index contributed by atoms with van der Waals surface area (Å²) in [5, 5.41) is 11.0. The van der Waals surface area contributed by atoms with E-state index in [1.54, 1.807) is 11.8 Å². The van der Waals surface area contributed by atoms with Gasteiger partial charge in [0.2, 0.25) is 5.91 Å². The molecular formula is C16H28N4O2. The van der Waals surface area contributed by atoms with E-state index in [2.05, 4.69) is 36.5 Å². The van der Waals surface area contributed by atoms with Crippen LogP contribution in [0.4, 0.5) is 0 Å². The highest BCUT2D eigenvalue weighted by Gasteiger charge is 2.32. The summed E-state index contributed by atoms with van der Waals surface area (Å²) in [6, 6.07) is 0.488. The summed E-state index contributed by atoms with van der Waals surface area (Å²) in [4.78, 5) is 11.8. The number of rotatable bonds is 6. The minimum atomic E-state index is -0.159. The molecule has 6 nitrogen and oxygen atoms in total. The number of nitrogens with zero attached hydrogens (tertiary/aromatic N) is 2. The molecule has 0 spiro atoms. The number of hydrogen-bond donors (Lipinski definition) is 2. The topological polar surface area (TPSA) is 68.2 Å². The minimum absolute atomic E-state index is 0.0249. The van der Waals surface area contributed by atoms with Gasteiger partial charge in [0.05, 0.1) is 17.8 Å². The van der Waals surface area contributed by atoms with Gasteiger partial charge in [0.1, 0.15) is 0 Å². The van der Waals surface area contributed by atoms with Gasteiger partial charge < -0.3 is 15.4 Å². The number of aromatic nitrogens is 2. The number of ether oxygens (including phenoxy) is 1. The summed E-state index contributed by atoms with van der Waals surface area (Å²) < 4.78 is 7.27. The zero-order valence-electron chi connectivity index (χ0n) is 14.2. The second-order valence-corrected chi connectivity index (χ2v) is 6.87. The molecule has 2 rings (SSSR count). The second-order valence-electron chi connectivity index (χ2n) is 6.87. The predicted octanol–water partition coefficient (Wildman–Crippen LogP) is 1.53. The highest BCUT2D eigenvalue weighted by atomic mass is 16.5. The Balaban J connectivity index is 2.05. The van der Waals surface area contributed by atoms with Gasteiger partial charge in [-0.25, -0.2) is 0 Å². The van der Waals surface area contributed by atoms with Crippen LogP contribution in [0.15, 0.2) is 12.4 Å². The van der Waals surface area contributed by atoms with E-state index in [1.165, 1.54) is 0 Å². The van der Waals surface area contributed by atoms with Crippen molar-refractivity contribution in [2.24, 2.45) is 7.05 Å². The van der Waals surface area contributed by atoms with Crippen LogP contribution in [0.1, 0.15) is 51.6 Å². The van der Waals surface area contributed by atoms with Gasteiger partial charge in [0, 0.05) is 44.4 Å². The molecule has 1 aliphatic rings. The normalized spacial score (nSPS) is 24.1. The Kier molecular flexibility index (Phi) is 5.24. The third kappa shape index (κ3) is 4.30. The molecule has 1 aromatic heterocycles. The SMILES string of the molecule is COC(C)(C)C[C@H](C)N[C@@H]1CCC(=O)N[C@H]1c1cnn(C)c1. The number of carbonyl (C=O) groups is 1. The first-order valence-electron chi connectivity index (χ1n) is 7.90. The van der Waals surface area contributed by atoms with Crippen molar-refractivity contribution in [1.82, 2.24) is 20.4 Å². The van der Waals surface area contributed by atoms with E-state index in [0.29, 0.717) is 12.5 Å². The molecule has 1 saturated heterocycles. The van der Waals surface area contributed by atoms with Gasteiger partial charge in [-0.05, 0) is 33.6 Å². The van der Waals surface area contributed by atoms with Crippen LogP contribution in [0.2, 0.25) is 0 Å². The number of methoxy groups -OCH3 is 1. The fourth-order valence-electron chi connectivity index (χ4n) is 3.14. The predicted molar refractivity (Wildman–Crippen MR) is 85.4 cm³/mol. The van der Waals surface area contributed by atoms with Gasteiger partial charge in [-0.15, -0.1) is 0 Å². The molecule has 124 valence electrons. The van der Waals surface area contributed by atoms with Gasteiger partial charge in [0.15, 0.2) is 0 Å². The first-order chi connectivity index (χ1) is 10.3. The van der Waals surface area contributed by atoms with E-state index in [4.69, 9.17) is 4.74 Å². The van der Waals surface area contributed by atoms with Gasteiger partial charge in [-0.1, -0.05) is 0 Å². The van der Waals surface area contributed by atoms with E-state index < -0.39 is 0 Å². The average Bonchev–Trinajstić information content (AvgIpc) is 2.86. The molecule has 22 heavy (non-hydrogen) atoms. The maximum Gasteiger partial charge on any atom is 0.220 e. The van der Waals surface area contributed by atoms with Crippen LogP contribution in [-0.2, 0) is 16.6 Å². The third-order valence-corrected chi connectivity index (χ3v) is 4.33. The van der Waals surface area contributed by atoms with Crippen molar-refractivity contribution < 1.29 is 9.53 Å². The summed E-state index contributed by atoms with van der Waals surface area (Å²) in [6.07, 6.45) is 6.11. The van der Waals surface area contributed by atoms with Crippen molar-refractivity contribution in [3.8, 4) is 0 Å². The number of nitrogens with one attached hydrogen (secondary N) is 2. The van der Waals surface area contributed by atoms with Crippen LogP contribution < -0.4 is 10.6 Å². The number of carbonyl (C=O) groups excluding carboxylic acids is 1. The molecule has 3 atom stereocenters. The molecule has 0 saturated carbocycles. The fraction of sp³-hybridized carbons (Fsp3) is 0.750. The first-order valence-corrected chi connectivity index (χ1v) is 7.90. The van der Waals surface area contributed by atoms with Gasteiger partial charge in [-0.3, -0.25) is 9.48 Å². The van der Waals surface area contributed by atoms with E-state index in [-0.39, 0.29) is 23.6 Å². The number of hydrogen-bond acceptors (Lipinski definition) is 4. The van der Waals surface area contributed by atoms with E-state index in [0.717, 1.165) is 18.4 Å². The van der Waals surface area contributed by atoms with Crippen LogP contribution >= 0.6 is 0 Å². The quantitative estimate of drug-likeness (QED) is 0.836. The number of aryl methyl sites for hydroxylation is 1. The Morgan fingerprint density at radius 2 is 2.32 bits per heavy atom. The van der Waals surface area contributed by atoms with Crippen molar-refractivity contribution in [2.45, 2.75) is 63.8 Å². The monoisotopic (exact) mass is 308 g/mol. The maximum atomic E-state index is 11.8. The van der Waals surface area contributed by atoms with Crippen LogP contribution in [0, 0.1) is 0 Å². The van der Waals surface area contributed by atoms with Crippen molar-refractivity contribution >= 4 is 5.91 Å². The summed E-state index contributed by atoms with van der Waals surface area (Å²) in [6.45, 7) is 6.34. The second kappa shape index (κ2) is 6.79. The Hall–Kier alpha value is -1.40. The highest BCUT2D eigenvalue weighted by Crippen LogP contribution is 2.25. The van der Waals surface area contributed by atoms with E-state index >= 15 is 0 Å². The lowest BCUT2D eigenvalue weighted by Gasteiger charge is -2.36. The zero-order valence-corrected chi connectivity index (χ0v) is 14.2. The van der Waals surface area contributed by atoms with Crippen LogP contribution in [0.5, 0.6) is 0 Å². The molecular weight excluding hydrogens is 280 g/mol. The zero-order chi connectivity index (χ0) is 16.3. The molecule has 1 aliphatic heterocycles.